The fourth-order valence-corrected chi connectivity index (χ4v) is 2.36. The number of aromatic nitrogens is 2. The first-order valence-electron chi connectivity index (χ1n) is 7.61. The largest absolute Gasteiger partial charge is 0.467 e. The Morgan fingerprint density at radius 3 is 2.46 bits per heavy atom. The Hall–Kier alpha value is -3.10. The second-order valence-electron chi connectivity index (χ2n) is 5.58. The lowest BCUT2D eigenvalue weighted by Gasteiger charge is -2.23. The van der Waals surface area contributed by atoms with Crippen LogP contribution in [0, 0.1) is 6.92 Å². The van der Waals surface area contributed by atoms with Gasteiger partial charge in [0.05, 0.1) is 12.8 Å². The number of carbonyl (C=O) groups is 1. The highest BCUT2D eigenvalue weighted by Gasteiger charge is 2.33. The number of hydrogen-bond acceptors (Lipinski definition) is 5. The second kappa shape index (κ2) is 7.03. The van der Waals surface area contributed by atoms with Crippen LogP contribution in [-0.4, -0.2) is 33.7 Å². The van der Waals surface area contributed by atoms with Gasteiger partial charge in [-0.15, -0.1) is 0 Å². The molecule has 0 N–H and O–H groups in total. The van der Waals surface area contributed by atoms with E-state index in [-0.39, 0.29) is 23.8 Å². The molecule has 0 aliphatic heterocycles. The van der Waals surface area contributed by atoms with Gasteiger partial charge in [0.1, 0.15) is 12.3 Å². The van der Waals surface area contributed by atoms with E-state index in [1.54, 1.807) is 25.1 Å². The highest BCUT2D eigenvalue weighted by atomic mass is 19.4. The number of carbonyl (C=O) groups excluding carboxylic acids is 1. The van der Waals surface area contributed by atoms with Crippen molar-refractivity contribution >= 4 is 5.91 Å². The van der Waals surface area contributed by atoms with E-state index in [0.717, 1.165) is 0 Å². The third-order valence-electron chi connectivity index (χ3n) is 3.49. The van der Waals surface area contributed by atoms with Gasteiger partial charge in [0.2, 0.25) is 0 Å². The van der Waals surface area contributed by atoms with Crippen LogP contribution in [0.4, 0.5) is 13.2 Å². The molecule has 0 saturated heterocycles. The van der Waals surface area contributed by atoms with Crippen molar-refractivity contribution in [1.29, 1.82) is 0 Å². The molecule has 1 amide bonds. The fourth-order valence-electron chi connectivity index (χ4n) is 2.36. The molecule has 26 heavy (non-hydrogen) atoms. The van der Waals surface area contributed by atoms with Gasteiger partial charge in [-0.05, 0) is 43.3 Å². The maximum atomic E-state index is 12.8. The van der Waals surface area contributed by atoms with Gasteiger partial charge in [-0.2, -0.15) is 18.2 Å². The van der Waals surface area contributed by atoms with Gasteiger partial charge in [0.15, 0.2) is 5.82 Å². The number of rotatable bonds is 5. The van der Waals surface area contributed by atoms with Crippen LogP contribution in [0.15, 0.2) is 51.6 Å². The maximum absolute atomic E-state index is 12.8. The van der Waals surface area contributed by atoms with Crippen molar-refractivity contribution in [2.24, 2.45) is 0 Å². The molecule has 3 rings (SSSR count). The standard InChI is InChI=1S/C17H14F3N3O3/c1-11-21-15(26-22-11)12-4-6-13(7-5-12)16(24)23(10-17(18,19)20)9-14-3-2-8-25-14/h2-8H,9-10H2,1H3. The summed E-state index contributed by atoms with van der Waals surface area (Å²) in [7, 11) is 0. The molecule has 0 aliphatic rings. The van der Waals surface area contributed by atoms with Gasteiger partial charge in [-0.25, -0.2) is 0 Å². The van der Waals surface area contributed by atoms with Gasteiger partial charge >= 0.3 is 6.18 Å². The molecule has 0 bridgehead atoms. The molecule has 6 nitrogen and oxygen atoms in total. The zero-order valence-corrected chi connectivity index (χ0v) is 13.7. The number of hydrogen-bond donors (Lipinski definition) is 0. The molecule has 2 aromatic heterocycles. The molecule has 0 radical (unpaired) electrons. The highest BCUT2D eigenvalue weighted by molar-refractivity contribution is 5.94. The SMILES string of the molecule is Cc1noc(-c2ccc(C(=O)N(Cc3ccco3)CC(F)(F)F)cc2)n1. The van der Waals surface area contributed by atoms with Crippen LogP contribution in [-0.2, 0) is 6.54 Å². The molecule has 0 fully saturated rings. The minimum atomic E-state index is -4.52. The molecule has 0 atom stereocenters. The number of furan rings is 1. The molecule has 0 aliphatic carbocycles. The summed E-state index contributed by atoms with van der Waals surface area (Å²) in [5, 5.41) is 3.66. The normalized spacial score (nSPS) is 11.5. The van der Waals surface area contributed by atoms with E-state index >= 15 is 0 Å². The maximum Gasteiger partial charge on any atom is 0.406 e. The Morgan fingerprint density at radius 2 is 1.92 bits per heavy atom. The first-order valence-corrected chi connectivity index (χ1v) is 7.61. The Morgan fingerprint density at radius 1 is 1.19 bits per heavy atom. The van der Waals surface area contributed by atoms with Gasteiger partial charge in [-0.1, -0.05) is 5.16 Å². The van der Waals surface area contributed by atoms with Crippen molar-refractivity contribution in [3.8, 4) is 11.5 Å². The van der Waals surface area contributed by atoms with Crippen LogP contribution in [0.3, 0.4) is 0 Å². The smallest absolute Gasteiger partial charge is 0.406 e. The van der Waals surface area contributed by atoms with Gasteiger partial charge in [0, 0.05) is 11.1 Å². The zero-order chi connectivity index (χ0) is 18.7. The molecule has 2 heterocycles. The van der Waals surface area contributed by atoms with Gasteiger partial charge in [-0.3, -0.25) is 4.79 Å². The van der Waals surface area contributed by atoms with Crippen molar-refractivity contribution in [2.75, 3.05) is 6.54 Å². The highest BCUT2D eigenvalue weighted by Crippen LogP contribution is 2.22. The summed E-state index contributed by atoms with van der Waals surface area (Å²) in [6.07, 6.45) is -3.18. The molecule has 0 saturated carbocycles. The second-order valence-corrected chi connectivity index (χ2v) is 5.58. The number of alkyl halides is 3. The van der Waals surface area contributed by atoms with Crippen molar-refractivity contribution in [1.82, 2.24) is 15.0 Å². The third kappa shape index (κ3) is 4.29. The average Bonchev–Trinajstić information content (AvgIpc) is 3.24. The molecular weight excluding hydrogens is 351 g/mol. The zero-order valence-electron chi connectivity index (χ0n) is 13.7. The molecule has 1 aromatic carbocycles. The van der Waals surface area contributed by atoms with Crippen molar-refractivity contribution in [3.05, 3.63) is 59.8 Å². The quantitative estimate of drug-likeness (QED) is 0.687. The van der Waals surface area contributed by atoms with E-state index < -0.39 is 18.6 Å². The van der Waals surface area contributed by atoms with E-state index in [0.29, 0.717) is 16.3 Å². The monoisotopic (exact) mass is 365 g/mol. The Bertz CT molecular complexity index is 871. The lowest BCUT2D eigenvalue weighted by atomic mass is 10.1. The van der Waals surface area contributed by atoms with Crippen LogP contribution in [0.1, 0.15) is 21.9 Å². The minimum absolute atomic E-state index is 0.112. The summed E-state index contributed by atoms with van der Waals surface area (Å²) < 4.78 is 48.6. The van der Waals surface area contributed by atoms with Crippen LogP contribution in [0.25, 0.3) is 11.5 Å². The first kappa shape index (κ1) is 17.7. The van der Waals surface area contributed by atoms with E-state index in [1.807, 2.05) is 0 Å². The van der Waals surface area contributed by atoms with Crippen molar-refractivity contribution in [2.45, 2.75) is 19.6 Å². The number of amides is 1. The summed E-state index contributed by atoms with van der Waals surface area (Å²) in [4.78, 5) is 17.3. The third-order valence-corrected chi connectivity index (χ3v) is 3.49. The Balaban J connectivity index is 1.81. The number of benzene rings is 1. The summed E-state index contributed by atoms with van der Waals surface area (Å²) in [5.41, 5.74) is 0.677. The van der Waals surface area contributed by atoms with E-state index in [4.69, 9.17) is 8.94 Å². The number of halogens is 3. The lowest BCUT2D eigenvalue weighted by molar-refractivity contribution is -0.142. The van der Waals surface area contributed by atoms with Crippen LogP contribution >= 0.6 is 0 Å². The lowest BCUT2D eigenvalue weighted by Crippen LogP contribution is -2.38. The molecule has 136 valence electrons. The molecule has 9 heteroatoms. The van der Waals surface area contributed by atoms with E-state index in [2.05, 4.69) is 10.1 Å². The Kier molecular flexibility index (Phi) is 4.79. The van der Waals surface area contributed by atoms with Crippen LogP contribution < -0.4 is 0 Å². The molecule has 3 aromatic rings. The fraction of sp³-hybridized carbons (Fsp3) is 0.235. The van der Waals surface area contributed by atoms with E-state index in [9.17, 15) is 18.0 Å². The summed E-state index contributed by atoms with van der Waals surface area (Å²) in [6, 6.07) is 8.98. The summed E-state index contributed by atoms with van der Waals surface area (Å²) >= 11 is 0. The first-order chi connectivity index (χ1) is 12.3. The number of aryl methyl sites for hydroxylation is 1. The topological polar surface area (TPSA) is 72.4 Å². The molecule has 0 unspecified atom stereocenters. The number of nitrogens with zero attached hydrogens (tertiary/aromatic N) is 3. The summed E-state index contributed by atoms with van der Waals surface area (Å²) in [5.74, 6) is 0.228. The van der Waals surface area contributed by atoms with E-state index in [1.165, 1.54) is 24.5 Å². The predicted octanol–water partition coefficient (Wildman–Crippen LogP) is 3.84. The van der Waals surface area contributed by atoms with Gasteiger partial charge in [0.25, 0.3) is 11.8 Å². The van der Waals surface area contributed by atoms with Crippen molar-refractivity contribution < 1.29 is 26.9 Å². The molecular formula is C17H14F3N3O3. The van der Waals surface area contributed by atoms with Crippen LogP contribution in [0.5, 0.6) is 0 Å². The van der Waals surface area contributed by atoms with Gasteiger partial charge < -0.3 is 13.8 Å². The minimum Gasteiger partial charge on any atom is -0.467 e. The predicted molar refractivity (Wildman–Crippen MR) is 84.0 cm³/mol. The Labute approximate surface area is 146 Å². The molecule has 0 spiro atoms. The summed E-state index contributed by atoms with van der Waals surface area (Å²) in [6.45, 7) is 0.00162. The average molecular weight is 365 g/mol. The van der Waals surface area contributed by atoms with Crippen LogP contribution in [0.2, 0.25) is 0 Å². The van der Waals surface area contributed by atoms with Crippen molar-refractivity contribution in [3.63, 3.8) is 0 Å².